The minimum Gasteiger partial charge on any atom is -0.598 e. The zero-order valence-electron chi connectivity index (χ0n) is 10.5. The molecule has 0 fully saturated rings. The number of hydrogen-bond donors (Lipinski definition) is 2. The number of rotatable bonds is 3. The van der Waals surface area contributed by atoms with Crippen LogP contribution in [-0.4, -0.2) is 14.4 Å². The molecule has 0 aliphatic rings. The van der Waals surface area contributed by atoms with Crippen molar-refractivity contribution in [2.45, 2.75) is 38.5 Å². The standard InChI is InChI=1S/C12H18FNO2S/c1-8(14-17(16)12(2,3)4)10-7-9(13)5-6-11(10)15/h5-8,14-15H,1-4H3/t8-,17+/m1/s1. The molecule has 0 heterocycles. The predicted octanol–water partition coefficient (Wildman–Crippen LogP) is 2.64. The second-order valence-electron chi connectivity index (χ2n) is 4.92. The zero-order valence-corrected chi connectivity index (χ0v) is 11.3. The average Bonchev–Trinajstić information content (AvgIpc) is 2.20. The highest BCUT2D eigenvalue weighted by molar-refractivity contribution is 7.90. The minimum atomic E-state index is -1.27. The number of hydrogen-bond acceptors (Lipinski definition) is 3. The van der Waals surface area contributed by atoms with Crippen LogP contribution in [0.3, 0.4) is 0 Å². The van der Waals surface area contributed by atoms with E-state index in [1.165, 1.54) is 18.2 Å². The van der Waals surface area contributed by atoms with Gasteiger partial charge in [0.05, 0.1) is 6.04 Å². The molecule has 1 aromatic carbocycles. The highest BCUT2D eigenvalue weighted by atomic mass is 32.2. The third kappa shape index (κ3) is 3.87. The van der Waals surface area contributed by atoms with Crippen LogP contribution in [0.2, 0.25) is 0 Å². The van der Waals surface area contributed by atoms with Gasteiger partial charge in [0.1, 0.15) is 16.3 Å². The second-order valence-corrected chi connectivity index (χ2v) is 6.92. The summed E-state index contributed by atoms with van der Waals surface area (Å²) in [5.74, 6) is -0.426. The van der Waals surface area contributed by atoms with Crippen LogP contribution in [0, 0.1) is 5.82 Å². The van der Waals surface area contributed by atoms with Crippen molar-refractivity contribution in [1.29, 1.82) is 0 Å². The molecule has 0 bridgehead atoms. The van der Waals surface area contributed by atoms with E-state index in [2.05, 4.69) is 4.72 Å². The summed E-state index contributed by atoms with van der Waals surface area (Å²) < 4.78 is 27.4. The van der Waals surface area contributed by atoms with Gasteiger partial charge in [0.15, 0.2) is 0 Å². The van der Waals surface area contributed by atoms with Crippen LogP contribution in [0.5, 0.6) is 5.75 Å². The number of phenolic OH excluding ortho intramolecular Hbond substituents is 1. The molecule has 0 unspecified atom stereocenters. The molecule has 3 nitrogen and oxygen atoms in total. The first kappa shape index (κ1) is 14.3. The number of aromatic hydroxyl groups is 1. The Balaban J connectivity index is 2.83. The Kier molecular flexibility index (Phi) is 4.41. The summed E-state index contributed by atoms with van der Waals surface area (Å²) >= 11 is -1.27. The minimum absolute atomic E-state index is 0.00249. The van der Waals surface area contributed by atoms with Crippen molar-refractivity contribution in [3.63, 3.8) is 0 Å². The zero-order chi connectivity index (χ0) is 13.2. The Hall–Kier alpha value is -0.780. The SMILES string of the molecule is C[C@@H](N[S@@+]([O-])C(C)(C)C)c1cc(F)ccc1O. The van der Waals surface area contributed by atoms with E-state index in [9.17, 15) is 14.0 Å². The Morgan fingerprint density at radius 1 is 1.41 bits per heavy atom. The van der Waals surface area contributed by atoms with E-state index in [1.807, 2.05) is 20.8 Å². The number of halogens is 1. The lowest BCUT2D eigenvalue weighted by Gasteiger charge is -2.26. The van der Waals surface area contributed by atoms with Crippen LogP contribution in [0.25, 0.3) is 0 Å². The summed E-state index contributed by atoms with van der Waals surface area (Å²) in [6.07, 6.45) is 0. The Bertz CT molecular complexity index is 393. The van der Waals surface area contributed by atoms with E-state index < -0.39 is 21.9 Å². The third-order valence-corrected chi connectivity index (χ3v) is 3.98. The van der Waals surface area contributed by atoms with Crippen LogP contribution < -0.4 is 4.72 Å². The molecule has 0 aromatic heterocycles. The predicted molar refractivity (Wildman–Crippen MR) is 67.5 cm³/mol. The molecule has 17 heavy (non-hydrogen) atoms. The first-order chi connectivity index (χ1) is 7.71. The lowest BCUT2D eigenvalue weighted by atomic mass is 10.1. The van der Waals surface area contributed by atoms with Crippen LogP contribution >= 0.6 is 0 Å². The monoisotopic (exact) mass is 259 g/mol. The summed E-state index contributed by atoms with van der Waals surface area (Å²) in [7, 11) is 0. The van der Waals surface area contributed by atoms with Gasteiger partial charge in [-0.15, -0.1) is 4.72 Å². The average molecular weight is 259 g/mol. The molecule has 0 aliphatic heterocycles. The molecule has 0 saturated heterocycles. The lowest BCUT2D eigenvalue weighted by molar-refractivity contribution is 0.456. The van der Waals surface area contributed by atoms with Crippen LogP contribution in [0.15, 0.2) is 18.2 Å². The summed E-state index contributed by atoms with van der Waals surface area (Å²) in [6.45, 7) is 7.26. The first-order valence-electron chi connectivity index (χ1n) is 5.38. The number of benzene rings is 1. The Labute approximate surface area is 104 Å². The van der Waals surface area contributed by atoms with Gasteiger partial charge in [0, 0.05) is 16.9 Å². The van der Waals surface area contributed by atoms with Crippen molar-refractivity contribution in [3.8, 4) is 5.75 Å². The van der Waals surface area contributed by atoms with Crippen LogP contribution in [-0.2, 0) is 11.4 Å². The van der Waals surface area contributed by atoms with Crippen molar-refractivity contribution in [1.82, 2.24) is 4.72 Å². The molecule has 1 aromatic rings. The third-order valence-electron chi connectivity index (χ3n) is 2.30. The summed E-state index contributed by atoms with van der Waals surface area (Å²) in [5.41, 5.74) is 0.405. The van der Waals surface area contributed by atoms with Crippen molar-refractivity contribution >= 4 is 11.4 Å². The maximum Gasteiger partial charge on any atom is 0.136 e. The molecule has 96 valence electrons. The topological polar surface area (TPSA) is 55.3 Å². The second kappa shape index (κ2) is 5.25. The molecule has 0 amide bonds. The van der Waals surface area contributed by atoms with E-state index in [4.69, 9.17) is 0 Å². The maximum atomic E-state index is 13.1. The summed E-state index contributed by atoms with van der Waals surface area (Å²) in [6, 6.07) is 3.34. The quantitative estimate of drug-likeness (QED) is 0.820. The molecular formula is C12H18FNO2S. The van der Waals surface area contributed by atoms with Crippen molar-refractivity contribution in [3.05, 3.63) is 29.6 Å². The van der Waals surface area contributed by atoms with Crippen LogP contribution in [0.4, 0.5) is 4.39 Å². The van der Waals surface area contributed by atoms with E-state index in [1.54, 1.807) is 6.92 Å². The van der Waals surface area contributed by atoms with Crippen molar-refractivity contribution in [2.24, 2.45) is 0 Å². The van der Waals surface area contributed by atoms with E-state index >= 15 is 0 Å². The molecule has 2 atom stereocenters. The van der Waals surface area contributed by atoms with Gasteiger partial charge in [-0.05, 0) is 45.9 Å². The molecule has 1 rings (SSSR count). The van der Waals surface area contributed by atoms with Gasteiger partial charge in [0.2, 0.25) is 0 Å². The summed E-state index contributed by atoms with van der Waals surface area (Å²) in [4.78, 5) is 0. The maximum absolute atomic E-state index is 13.1. The van der Waals surface area contributed by atoms with Gasteiger partial charge in [-0.3, -0.25) is 0 Å². The molecule has 0 saturated carbocycles. The largest absolute Gasteiger partial charge is 0.598 e. The van der Waals surface area contributed by atoms with Gasteiger partial charge >= 0.3 is 0 Å². The van der Waals surface area contributed by atoms with E-state index in [0.717, 1.165) is 0 Å². The fraction of sp³-hybridized carbons (Fsp3) is 0.500. The summed E-state index contributed by atoms with van der Waals surface area (Å²) in [5, 5.41) is 9.62. The van der Waals surface area contributed by atoms with Gasteiger partial charge in [-0.1, -0.05) is 0 Å². The number of phenols is 1. The van der Waals surface area contributed by atoms with Gasteiger partial charge in [-0.25, -0.2) is 4.39 Å². The van der Waals surface area contributed by atoms with E-state index in [-0.39, 0.29) is 11.8 Å². The highest BCUT2D eigenvalue weighted by Crippen LogP contribution is 2.26. The van der Waals surface area contributed by atoms with Gasteiger partial charge < -0.3 is 9.66 Å². The van der Waals surface area contributed by atoms with Gasteiger partial charge in [0.25, 0.3) is 0 Å². The van der Waals surface area contributed by atoms with E-state index in [0.29, 0.717) is 5.56 Å². The molecule has 2 N–H and O–H groups in total. The molecule has 0 radical (unpaired) electrons. The fourth-order valence-electron chi connectivity index (χ4n) is 1.27. The smallest absolute Gasteiger partial charge is 0.136 e. The molecule has 0 spiro atoms. The normalized spacial score (nSPS) is 15.6. The Morgan fingerprint density at radius 2 is 2.00 bits per heavy atom. The molecule has 5 heteroatoms. The fourth-order valence-corrected chi connectivity index (χ4v) is 2.07. The van der Waals surface area contributed by atoms with Crippen molar-refractivity contribution < 1.29 is 14.0 Å². The first-order valence-corrected chi connectivity index (χ1v) is 6.53. The lowest BCUT2D eigenvalue weighted by Crippen LogP contribution is -2.40. The Morgan fingerprint density at radius 3 is 2.53 bits per heavy atom. The van der Waals surface area contributed by atoms with Gasteiger partial charge in [-0.2, -0.15) is 0 Å². The highest BCUT2D eigenvalue weighted by Gasteiger charge is 2.29. The van der Waals surface area contributed by atoms with Crippen LogP contribution in [0.1, 0.15) is 39.3 Å². The molecule has 0 aliphatic carbocycles. The molecular weight excluding hydrogens is 241 g/mol. The van der Waals surface area contributed by atoms with Crippen molar-refractivity contribution in [2.75, 3.05) is 0 Å². The number of nitrogens with one attached hydrogen (secondary N) is 1.